The van der Waals surface area contributed by atoms with Crippen molar-refractivity contribution in [2.24, 2.45) is 11.5 Å². The minimum atomic E-state index is -1.56. The number of aliphatic carboxylic acids is 2. The summed E-state index contributed by atoms with van der Waals surface area (Å²) >= 11 is 0. The number of nitrogens with one attached hydrogen (secondary N) is 2. The maximum absolute atomic E-state index is 12.2. The summed E-state index contributed by atoms with van der Waals surface area (Å²) in [7, 11) is 0. The molecule has 1 aromatic rings. The second kappa shape index (κ2) is 9.66. The molecule has 0 heterocycles. The molecule has 1 aromatic carbocycles. The highest BCUT2D eigenvalue weighted by molar-refractivity contribution is 6.02. The van der Waals surface area contributed by atoms with Crippen LogP contribution < -0.4 is 22.1 Å². The van der Waals surface area contributed by atoms with Gasteiger partial charge in [0.2, 0.25) is 11.8 Å². The van der Waals surface area contributed by atoms with E-state index in [-0.39, 0.29) is 11.1 Å². The molecule has 0 spiro atoms. The lowest BCUT2D eigenvalue weighted by molar-refractivity contribution is -0.141. The van der Waals surface area contributed by atoms with Crippen molar-refractivity contribution >= 4 is 35.6 Å². The molecule has 12 nitrogen and oxygen atoms in total. The van der Waals surface area contributed by atoms with E-state index in [4.69, 9.17) is 21.7 Å². The molecule has 12 heteroatoms. The number of nitrogens with two attached hydrogens (primary N) is 2. The molecule has 2 atom stereocenters. The number of benzene rings is 1. The summed E-state index contributed by atoms with van der Waals surface area (Å²) in [6.45, 7) is 0. The molecule has 0 aromatic heterocycles. The monoisotopic (exact) mass is 394 g/mol. The summed E-state index contributed by atoms with van der Waals surface area (Å²) in [4.78, 5) is 68.3. The average Bonchev–Trinajstić information content (AvgIpc) is 2.59. The molecule has 0 saturated heterocycles. The third-order valence-electron chi connectivity index (χ3n) is 3.40. The number of carboxylic acids is 2. The quantitative estimate of drug-likeness (QED) is 0.255. The number of rotatable bonds is 10. The van der Waals surface area contributed by atoms with Crippen LogP contribution in [0.4, 0.5) is 0 Å². The van der Waals surface area contributed by atoms with Gasteiger partial charge in [0.1, 0.15) is 12.1 Å². The predicted molar refractivity (Wildman–Crippen MR) is 91.8 cm³/mol. The molecule has 1 rings (SSSR count). The molecule has 0 bridgehead atoms. The van der Waals surface area contributed by atoms with Gasteiger partial charge in [-0.3, -0.25) is 19.2 Å². The van der Waals surface area contributed by atoms with Crippen molar-refractivity contribution in [2.45, 2.75) is 24.9 Å². The summed E-state index contributed by atoms with van der Waals surface area (Å²) in [6.07, 6.45) is -1.26. The Morgan fingerprint density at radius 1 is 0.786 bits per heavy atom. The van der Waals surface area contributed by atoms with Crippen LogP contribution in [0.1, 0.15) is 33.6 Å². The van der Waals surface area contributed by atoms with Gasteiger partial charge < -0.3 is 32.3 Å². The Balaban J connectivity index is 2.95. The summed E-state index contributed by atoms with van der Waals surface area (Å²) in [5, 5.41) is 22.2. The molecule has 0 aliphatic carbocycles. The van der Waals surface area contributed by atoms with E-state index in [2.05, 4.69) is 10.6 Å². The van der Waals surface area contributed by atoms with Crippen molar-refractivity contribution in [1.29, 1.82) is 0 Å². The molecule has 0 aliphatic rings. The van der Waals surface area contributed by atoms with E-state index in [1.165, 1.54) is 18.2 Å². The Morgan fingerprint density at radius 2 is 1.14 bits per heavy atom. The zero-order valence-electron chi connectivity index (χ0n) is 14.4. The number of primary amides is 2. The van der Waals surface area contributed by atoms with Gasteiger partial charge in [0.25, 0.3) is 11.8 Å². The average molecular weight is 394 g/mol. The minimum Gasteiger partial charge on any atom is -0.480 e. The Kier molecular flexibility index (Phi) is 7.62. The van der Waals surface area contributed by atoms with E-state index in [0.717, 1.165) is 6.07 Å². The largest absolute Gasteiger partial charge is 0.480 e. The number of carbonyl (C=O) groups is 6. The highest BCUT2D eigenvalue weighted by Crippen LogP contribution is 2.08. The molecule has 0 fully saturated rings. The zero-order chi connectivity index (χ0) is 21.4. The molecular formula is C16H18N4O8. The van der Waals surface area contributed by atoms with Gasteiger partial charge >= 0.3 is 11.9 Å². The normalized spacial score (nSPS) is 12.3. The number of carboxylic acid groups (broad SMARTS) is 2. The van der Waals surface area contributed by atoms with Crippen LogP contribution in [0.15, 0.2) is 24.3 Å². The molecule has 28 heavy (non-hydrogen) atoms. The topological polar surface area (TPSA) is 219 Å². The second-order valence-corrected chi connectivity index (χ2v) is 5.65. The fourth-order valence-corrected chi connectivity index (χ4v) is 2.09. The maximum atomic E-state index is 12.2. The van der Waals surface area contributed by atoms with Gasteiger partial charge in [-0.1, -0.05) is 6.07 Å². The van der Waals surface area contributed by atoms with Crippen molar-refractivity contribution in [1.82, 2.24) is 10.6 Å². The fourth-order valence-electron chi connectivity index (χ4n) is 2.09. The third-order valence-corrected chi connectivity index (χ3v) is 3.40. The lowest BCUT2D eigenvalue weighted by Gasteiger charge is -2.14. The number of hydrogen-bond acceptors (Lipinski definition) is 6. The van der Waals surface area contributed by atoms with E-state index in [0.29, 0.717) is 0 Å². The third kappa shape index (κ3) is 6.74. The van der Waals surface area contributed by atoms with E-state index in [1.807, 2.05) is 0 Å². The first-order chi connectivity index (χ1) is 13.0. The van der Waals surface area contributed by atoms with Gasteiger partial charge in [-0.25, -0.2) is 9.59 Å². The lowest BCUT2D eigenvalue weighted by atomic mass is 10.1. The van der Waals surface area contributed by atoms with Gasteiger partial charge in [-0.15, -0.1) is 0 Å². The van der Waals surface area contributed by atoms with Gasteiger partial charge in [0, 0.05) is 11.1 Å². The molecule has 0 unspecified atom stereocenters. The highest BCUT2D eigenvalue weighted by Gasteiger charge is 2.25. The molecule has 0 aliphatic heterocycles. The summed E-state index contributed by atoms with van der Waals surface area (Å²) in [5.74, 6) is -6.61. The van der Waals surface area contributed by atoms with Crippen molar-refractivity contribution < 1.29 is 39.0 Å². The van der Waals surface area contributed by atoms with Gasteiger partial charge in [-0.05, 0) is 18.2 Å². The number of hydrogen-bond donors (Lipinski definition) is 6. The summed E-state index contributed by atoms with van der Waals surface area (Å²) < 4.78 is 0. The highest BCUT2D eigenvalue weighted by atomic mass is 16.4. The lowest BCUT2D eigenvalue weighted by Crippen LogP contribution is -2.44. The predicted octanol–water partition coefficient (Wildman–Crippen LogP) is -2.20. The Hall–Kier alpha value is -3.96. The van der Waals surface area contributed by atoms with Crippen LogP contribution in [0.5, 0.6) is 0 Å². The Labute approximate surface area is 157 Å². The second-order valence-electron chi connectivity index (χ2n) is 5.65. The van der Waals surface area contributed by atoms with Gasteiger partial charge in [0.05, 0.1) is 12.8 Å². The zero-order valence-corrected chi connectivity index (χ0v) is 14.4. The van der Waals surface area contributed by atoms with Crippen LogP contribution in [-0.4, -0.2) is 57.9 Å². The Morgan fingerprint density at radius 3 is 1.43 bits per heavy atom. The van der Waals surface area contributed by atoms with E-state index < -0.39 is 60.5 Å². The number of carbonyl (C=O) groups excluding carboxylic acids is 4. The molecule has 8 N–H and O–H groups in total. The number of amides is 4. The minimum absolute atomic E-state index is 0.120. The van der Waals surface area contributed by atoms with Gasteiger partial charge in [0.15, 0.2) is 0 Å². The molecule has 0 radical (unpaired) electrons. The molecule has 150 valence electrons. The maximum Gasteiger partial charge on any atom is 0.326 e. The van der Waals surface area contributed by atoms with Crippen LogP contribution in [-0.2, 0) is 19.2 Å². The van der Waals surface area contributed by atoms with Crippen LogP contribution in [0.25, 0.3) is 0 Å². The fraction of sp³-hybridized carbons (Fsp3) is 0.250. The Bertz CT molecular complexity index is 759. The van der Waals surface area contributed by atoms with Crippen molar-refractivity contribution in [3.63, 3.8) is 0 Å². The first-order valence-corrected chi connectivity index (χ1v) is 7.75. The van der Waals surface area contributed by atoms with E-state index in [9.17, 15) is 28.8 Å². The van der Waals surface area contributed by atoms with E-state index in [1.54, 1.807) is 0 Å². The van der Waals surface area contributed by atoms with Crippen LogP contribution in [0.2, 0.25) is 0 Å². The molecule has 0 saturated carbocycles. The first-order valence-electron chi connectivity index (χ1n) is 7.75. The smallest absolute Gasteiger partial charge is 0.326 e. The van der Waals surface area contributed by atoms with Crippen molar-refractivity contribution in [2.75, 3.05) is 0 Å². The van der Waals surface area contributed by atoms with Crippen LogP contribution >= 0.6 is 0 Å². The summed E-state index contributed by atoms with van der Waals surface area (Å²) in [6, 6.07) is 1.80. The standard InChI is InChI=1S/C16H18N4O8/c17-11(21)5-9(15(25)26)19-13(23)7-2-1-3-8(4-7)14(24)20-10(16(27)28)6-12(18)22/h1-4,9-10H,5-6H2,(H2,17,21)(H2,18,22)(H,19,23)(H,20,24)(H,25,26)(H,27,28)/t9-,10+. The van der Waals surface area contributed by atoms with E-state index >= 15 is 0 Å². The molecular weight excluding hydrogens is 376 g/mol. The first kappa shape index (κ1) is 22.1. The van der Waals surface area contributed by atoms with Crippen molar-refractivity contribution in [3.8, 4) is 0 Å². The van der Waals surface area contributed by atoms with Crippen LogP contribution in [0.3, 0.4) is 0 Å². The molecule has 4 amide bonds. The van der Waals surface area contributed by atoms with Crippen LogP contribution in [0, 0.1) is 0 Å². The van der Waals surface area contributed by atoms with Gasteiger partial charge in [-0.2, -0.15) is 0 Å². The van der Waals surface area contributed by atoms with Crippen molar-refractivity contribution in [3.05, 3.63) is 35.4 Å². The SMILES string of the molecule is NC(=O)C[C@H](NC(=O)c1cccc(C(=O)N[C@H](CC(N)=O)C(=O)O)c1)C(=O)O. The summed E-state index contributed by atoms with van der Waals surface area (Å²) in [5.41, 5.74) is 9.61.